The molecule has 0 aliphatic carbocycles. The fraction of sp³-hybridized carbons (Fsp3) is 0.250. The third kappa shape index (κ3) is 3.57. The third-order valence-electron chi connectivity index (χ3n) is 3.30. The first-order valence-corrected chi connectivity index (χ1v) is 7.68. The van der Waals surface area contributed by atoms with Gasteiger partial charge in [-0.15, -0.1) is 10.2 Å². The van der Waals surface area contributed by atoms with Gasteiger partial charge in [0, 0.05) is 0 Å². The van der Waals surface area contributed by atoms with Crippen molar-refractivity contribution in [2.75, 3.05) is 5.32 Å². The third-order valence-corrected chi connectivity index (χ3v) is 4.28. The number of carbonyl (C=O) groups excluding carboxylic acids is 1. The molecule has 112 valence electrons. The molecule has 1 aromatic heterocycles. The van der Waals surface area contributed by atoms with Crippen molar-refractivity contribution in [1.29, 1.82) is 5.26 Å². The fourth-order valence-electron chi connectivity index (χ4n) is 1.85. The number of aromatic nitrogens is 2. The zero-order chi connectivity index (χ0) is 16.1. The Labute approximate surface area is 133 Å². The second-order valence-corrected chi connectivity index (χ2v) is 5.83. The highest BCUT2D eigenvalue weighted by Gasteiger charge is 2.13. The summed E-state index contributed by atoms with van der Waals surface area (Å²) in [5.41, 5.74) is 3.07. The minimum Gasteiger partial charge on any atom is -0.296 e. The van der Waals surface area contributed by atoms with Crippen LogP contribution in [0.25, 0.3) is 6.08 Å². The van der Waals surface area contributed by atoms with E-state index in [1.54, 1.807) is 6.08 Å². The summed E-state index contributed by atoms with van der Waals surface area (Å²) in [6.45, 7) is 5.92. The van der Waals surface area contributed by atoms with Gasteiger partial charge in [0.1, 0.15) is 16.6 Å². The van der Waals surface area contributed by atoms with E-state index in [9.17, 15) is 10.1 Å². The standard InChI is InChI=1S/C16H16N4OS/c1-4-14-19-20-16(22-14)18-15(21)13(9-17)8-12-7-5-6-10(2)11(12)3/h5-8H,4H2,1-3H3,(H,18,20,21)/b13-8+. The lowest BCUT2D eigenvalue weighted by Gasteiger charge is -2.05. The number of nitrogens with zero attached hydrogens (tertiary/aromatic N) is 3. The van der Waals surface area contributed by atoms with Crippen LogP contribution in [0.2, 0.25) is 0 Å². The van der Waals surface area contributed by atoms with E-state index in [-0.39, 0.29) is 5.57 Å². The van der Waals surface area contributed by atoms with Crippen molar-refractivity contribution in [1.82, 2.24) is 10.2 Å². The lowest BCUT2D eigenvalue weighted by atomic mass is 10.0. The molecule has 2 rings (SSSR count). The largest absolute Gasteiger partial charge is 0.296 e. The Balaban J connectivity index is 2.23. The van der Waals surface area contributed by atoms with Gasteiger partial charge in [-0.05, 0) is 43.0 Å². The molecule has 0 aliphatic heterocycles. The van der Waals surface area contributed by atoms with Gasteiger partial charge in [-0.2, -0.15) is 5.26 Å². The SMILES string of the molecule is CCc1nnc(NC(=O)/C(C#N)=C/c2cccc(C)c2C)s1. The molecule has 0 saturated heterocycles. The van der Waals surface area contributed by atoms with E-state index in [4.69, 9.17) is 0 Å². The molecule has 1 N–H and O–H groups in total. The number of rotatable bonds is 4. The average molecular weight is 312 g/mol. The van der Waals surface area contributed by atoms with Crippen LogP contribution >= 0.6 is 11.3 Å². The lowest BCUT2D eigenvalue weighted by molar-refractivity contribution is -0.112. The Bertz CT molecular complexity index is 771. The molecule has 0 unspecified atom stereocenters. The molecule has 2 aromatic rings. The maximum Gasteiger partial charge on any atom is 0.268 e. The van der Waals surface area contributed by atoms with Crippen LogP contribution in [0.5, 0.6) is 0 Å². The summed E-state index contributed by atoms with van der Waals surface area (Å²) >= 11 is 1.31. The van der Waals surface area contributed by atoms with Crippen molar-refractivity contribution in [2.24, 2.45) is 0 Å². The maximum atomic E-state index is 12.2. The Hall–Kier alpha value is -2.52. The summed E-state index contributed by atoms with van der Waals surface area (Å²) in [7, 11) is 0. The molecule has 0 fully saturated rings. The fourth-order valence-corrected chi connectivity index (χ4v) is 2.52. The van der Waals surface area contributed by atoms with E-state index < -0.39 is 5.91 Å². The van der Waals surface area contributed by atoms with Crippen LogP contribution in [0.3, 0.4) is 0 Å². The molecule has 0 aliphatic rings. The van der Waals surface area contributed by atoms with Crippen molar-refractivity contribution in [3.8, 4) is 6.07 Å². The first kappa shape index (κ1) is 15.9. The zero-order valence-corrected chi connectivity index (χ0v) is 13.5. The number of benzene rings is 1. The highest BCUT2D eigenvalue weighted by Crippen LogP contribution is 2.19. The molecule has 1 aromatic carbocycles. The van der Waals surface area contributed by atoms with Crippen molar-refractivity contribution in [3.05, 3.63) is 45.5 Å². The lowest BCUT2D eigenvalue weighted by Crippen LogP contribution is -2.13. The topological polar surface area (TPSA) is 78.7 Å². The minimum atomic E-state index is -0.470. The van der Waals surface area contributed by atoms with Crippen LogP contribution in [-0.4, -0.2) is 16.1 Å². The minimum absolute atomic E-state index is 0.0435. The van der Waals surface area contributed by atoms with Gasteiger partial charge in [-0.25, -0.2) is 0 Å². The van der Waals surface area contributed by atoms with Gasteiger partial charge in [-0.1, -0.05) is 36.5 Å². The first-order chi connectivity index (χ1) is 10.5. The molecule has 1 amide bonds. The molecule has 5 nitrogen and oxygen atoms in total. The van der Waals surface area contributed by atoms with Crippen LogP contribution in [0.15, 0.2) is 23.8 Å². The summed E-state index contributed by atoms with van der Waals surface area (Å²) in [6.07, 6.45) is 2.36. The van der Waals surface area contributed by atoms with Crippen molar-refractivity contribution < 1.29 is 4.79 Å². The molecule has 0 saturated carbocycles. The molecule has 1 heterocycles. The highest BCUT2D eigenvalue weighted by atomic mass is 32.1. The normalized spacial score (nSPS) is 11.1. The van der Waals surface area contributed by atoms with E-state index >= 15 is 0 Å². The van der Waals surface area contributed by atoms with E-state index in [1.165, 1.54) is 11.3 Å². The van der Waals surface area contributed by atoms with Gasteiger partial charge in [0.05, 0.1) is 0 Å². The molecular formula is C16H16N4OS. The summed E-state index contributed by atoms with van der Waals surface area (Å²) < 4.78 is 0. The summed E-state index contributed by atoms with van der Waals surface area (Å²) in [5.74, 6) is -0.470. The summed E-state index contributed by atoms with van der Waals surface area (Å²) in [4.78, 5) is 12.2. The van der Waals surface area contributed by atoms with Gasteiger partial charge in [0.2, 0.25) is 5.13 Å². The van der Waals surface area contributed by atoms with Crippen LogP contribution < -0.4 is 5.32 Å². The Morgan fingerprint density at radius 2 is 2.18 bits per heavy atom. The van der Waals surface area contributed by atoms with Crippen LogP contribution in [0, 0.1) is 25.2 Å². The average Bonchev–Trinajstić information content (AvgIpc) is 2.96. The number of carbonyl (C=O) groups is 1. The number of aryl methyl sites for hydroxylation is 2. The Morgan fingerprint density at radius 1 is 1.41 bits per heavy atom. The van der Waals surface area contributed by atoms with Crippen LogP contribution in [0.4, 0.5) is 5.13 Å². The quantitative estimate of drug-likeness (QED) is 0.694. The van der Waals surface area contributed by atoms with Gasteiger partial charge < -0.3 is 0 Å². The number of nitriles is 1. The molecule has 0 radical (unpaired) electrons. The molecule has 0 bridgehead atoms. The second-order valence-electron chi connectivity index (χ2n) is 4.77. The summed E-state index contributed by atoms with van der Waals surface area (Å²) in [5, 5.41) is 20.9. The van der Waals surface area contributed by atoms with Crippen LogP contribution in [0.1, 0.15) is 28.6 Å². The summed E-state index contributed by atoms with van der Waals surface area (Å²) in [6, 6.07) is 7.72. The number of amides is 1. The number of hydrogen-bond donors (Lipinski definition) is 1. The molecule has 0 spiro atoms. The molecular weight excluding hydrogens is 296 g/mol. The highest BCUT2D eigenvalue weighted by molar-refractivity contribution is 7.15. The maximum absolute atomic E-state index is 12.2. The molecule has 6 heteroatoms. The van der Waals surface area contributed by atoms with E-state index in [0.29, 0.717) is 5.13 Å². The van der Waals surface area contributed by atoms with Crippen LogP contribution in [-0.2, 0) is 11.2 Å². The van der Waals surface area contributed by atoms with Crippen molar-refractivity contribution >= 4 is 28.5 Å². The van der Waals surface area contributed by atoms with Crippen molar-refractivity contribution in [2.45, 2.75) is 27.2 Å². The molecule has 0 atom stereocenters. The van der Waals surface area contributed by atoms with E-state index in [2.05, 4.69) is 15.5 Å². The molecule has 22 heavy (non-hydrogen) atoms. The number of nitrogens with one attached hydrogen (secondary N) is 1. The van der Waals surface area contributed by atoms with Gasteiger partial charge in [0.15, 0.2) is 0 Å². The monoisotopic (exact) mass is 312 g/mol. The van der Waals surface area contributed by atoms with Gasteiger partial charge in [-0.3, -0.25) is 10.1 Å². The van der Waals surface area contributed by atoms with Gasteiger partial charge in [0.25, 0.3) is 5.91 Å². The predicted molar refractivity (Wildman–Crippen MR) is 87.4 cm³/mol. The Morgan fingerprint density at radius 3 is 2.82 bits per heavy atom. The first-order valence-electron chi connectivity index (χ1n) is 6.87. The Kier molecular flexibility index (Phi) is 5.02. The van der Waals surface area contributed by atoms with E-state index in [0.717, 1.165) is 28.1 Å². The van der Waals surface area contributed by atoms with E-state index in [1.807, 2.05) is 45.0 Å². The smallest absolute Gasteiger partial charge is 0.268 e. The van der Waals surface area contributed by atoms with Crippen molar-refractivity contribution in [3.63, 3.8) is 0 Å². The zero-order valence-electron chi connectivity index (χ0n) is 12.7. The second kappa shape index (κ2) is 6.96. The number of hydrogen-bond acceptors (Lipinski definition) is 5. The number of anilines is 1. The van der Waals surface area contributed by atoms with Gasteiger partial charge >= 0.3 is 0 Å². The predicted octanol–water partition coefficient (Wildman–Crippen LogP) is 3.26.